The highest BCUT2D eigenvalue weighted by molar-refractivity contribution is 7.13. The third-order valence-electron chi connectivity index (χ3n) is 7.14. The van der Waals surface area contributed by atoms with Crippen LogP contribution in [0, 0.1) is 23.6 Å². The van der Waals surface area contributed by atoms with Crippen molar-refractivity contribution < 1.29 is 4.39 Å². The van der Waals surface area contributed by atoms with Crippen LogP contribution < -0.4 is 5.32 Å². The minimum absolute atomic E-state index is 0.216. The van der Waals surface area contributed by atoms with Crippen molar-refractivity contribution in [2.45, 2.75) is 38.6 Å². The van der Waals surface area contributed by atoms with Crippen LogP contribution in [0.25, 0.3) is 33.1 Å². The van der Waals surface area contributed by atoms with Crippen molar-refractivity contribution in [1.82, 2.24) is 24.9 Å². The summed E-state index contributed by atoms with van der Waals surface area (Å²) < 4.78 is 15.7. The van der Waals surface area contributed by atoms with Crippen LogP contribution in [0.2, 0.25) is 5.15 Å². The van der Waals surface area contributed by atoms with Gasteiger partial charge in [-0.25, -0.2) is 24.3 Å². The van der Waals surface area contributed by atoms with Crippen molar-refractivity contribution in [2.24, 2.45) is 17.8 Å². The molecule has 32 heavy (non-hydrogen) atoms. The van der Waals surface area contributed by atoms with Crippen molar-refractivity contribution in [1.29, 1.82) is 0 Å². The van der Waals surface area contributed by atoms with Gasteiger partial charge in [-0.2, -0.15) is 0 Å². The molecular weight excluding hydrogens is 447 g/mol. The van der Waals surface area contributed by atoms with E-state index >= 15 is 4.39 Å². The number of rotatable bonds is 4. The number of nitrogens with one attached hydrogen (secondary N) is 2. The Morgan fingerprint density at radius 2 is 1.97 bits per heavy atom. The van der Waals surface area contributed by atoms with E-state index in [2.05, 4.69) is 37.2 Å². The molecule has 7 rings (SSSR count). The molecule has 0 saturated heterocycles. The molecule has 0 aromatic carbocycles. The Balaban J connectivity index is 1.48. The molecule has 0 spiro atoms. The van der Waals surface area contributed by atoms with Crippen molar-refractivity contribution in [3.63, 3.8) is 0 Å². The molecule has 6 nitrogen and oxygen atoms in total. The van der Waals surface area contributed by atoms with Crippen molar-refractivity contribution in [2.75, 3.05) is 5.32 Å². The van der Waals surface area contributed by atoms with E-state index < -0.39 is 5.82 Å². The Kier molecular flexibility index (Phi) is 4.87. The standard InChI is InChI=1S/C23H22ClFN6S/c1-11-12-4-6-13(7-5-12)18(11)29-22-17(25)20(15-3-2-8-32-15)30-21(31-22)14-9-26-23-19(14)28-16(24)10-27-23/h2-3,8-13,18H,4-7H2,1H3,(H,26,27)(H,29,30,31)/t11-,12?,13?,18-/m1/s1. The lowest BCUT2D eigenvalue weighted by molar-refractivity contribution is 0.0926. The molecule has 3 aliphatic carbocycles. The van der Waals surface area contributed by atoms with Gasteiger partial charge in [0.1, 0.15) is 16.4 Å². The van der Waals surface area contributed by atoms with E-state index in [0.717, 1.165) is 4.88 Å². The minimum atomic E-state index is -0.409. The number of thiophene rings is 1. The van der Waals surface area contributed by atoms with Crippen molar-refractivity contribution in [3.05, 3.63) is 40.9 Å². The first kappa shape index (κ1) is 20.1. The Hall–Kier alpha value is -2.58. The van der Waals surface area contributed by atoms with Gasteiger partial charge >= 0.3 is 0 Å². The number of anilines is 1. The van der Waals surface area contributed by atoms with E-state index in [9.17, 15) is 0 Å². The van der Waals surface area contributed by atoms with E-state index in [0.29, 0.717) is 46.0 Å². The third kappa shape index (κ3) is 3.28. The number of hydrogen-bond acceptors (Lipinski definition) is 6. The maximum absolute atomic E-state index is 15.7. The van der Waals surface area contributed by atoms with E-state index in [1.807, 2.05) is 17.5 Å². The summed E-state index contributed by atoms with van der Waals surface area (Å²) in [6.07, 6.45) is 8.18. The average Bonchev–Trinajstić information content (AvgIpc) is 3.48. The van der Waals surface area contributed by atoms with Gasteiger partial charge in [0.25, 0.3) is 0 Å². The predicted molar refractivity (Wildman–Crippen MR) is 125 cm³/mol. The second-order valence-corrected chi connectivity index (χ2v) is 10.2. The molecule has 2 bridgehead atoms. The second kappa shape index (κ2) is 7.78. The maximum Gasteiger partial charge on any atom is 0.192 e. The normalized spacial score (nSPS) is 24.8. The first-order valence-electron chi connectivity index (χ1n) is 11.0. The van der Waals surface area contributed by atoms with Gasteiger partial charge < -0.3 is 10.3 Å². The molecule has 0 amide bonds. The van der Waals surface area contributed by atoms with E-state index in [1.165, 1.54) is 43.2 Å². The van der Waals surface area contributed by atoms with Crippen LogP contribution in [0.3, 0.4) is 0 Å². The fourth-order valence-corrected chi connectivity index (χ4v) is 6.28. The molecule has 0 aliphatic heterocycles. The quantitative estimate of drug-likeness (QED) is 0.374. The number of nitrogens with zero attached hydrogens (tertiary/aromatic N) is 4. The summed E-state index contributed by atoms with van der Waals surface area (Å²) in [4.78, 5) is 21.8. The Morgan fingerprint density at radius 1 is 1.16 bits per heavy atom. The van der Waals surface area contributed by atoms with Crippen LogP contribution in [-0.2, 0) is 0 Å². The predicted octanol–water partition coefficient (Wildman–Crippen LogP) is 6.17. The molecule has 4 aromatic heterocycles. The fraction of sp³-hybridized carbons (Fsp3) is 0.391. The highest BCUT2D eigenvalue weighted by Crippen LogP contribution is 2.46. The van der Waals surface area contributed by atoms with Crippen LogP contribution in [0.5, 0.6) is 0 Å². The number of H-pyrrole nitrogens is 1. The zero-order valence-corrected chi connectivity index (χ0v) is 19.1. The fourth-order valence-electron chi connectivity index (χ4n) is 5.44. The summed E-state index contributed by atoms with van der Waals surface area (Å²) in [6.45, 7) is 2.28. The lowest BCUT2D eigenvalue weighted by Gasteiger charge is -2.47. The maximum atomic E-state index is 15.7. The van der Waals surface area contributed by atoms with Crippen LogP contribution in [0.1, 0.15) is 32.6 Å². The van der Waals surface area contributed by atoms with Gasteiger partial charge in [0.15, 0.2) is 23.1 Å². The van der Waals surface area contributed by atoms with Crippen LogP contribution in [0.15, 0.2) is 29.9 Å². The zero-order chi connectivity index (χ0) is 21.8. The highest BCUT2D eigenvalue weighted by atomic mass is 35.5. The summed E-state index contributed by atoms with van der Waals surface area (Å²) >= 11 is 7.54. The van der Waals surface area contributed by atoms with E-state index in [1.54, 1.807) is 6.20 Å². The SMILES string of the molecule is C[C@@H]1C2CCC(CC2)[C@@H]1Nc1nc(-c2c[nH]c3ncc(Cl)nc23)nc(-c2cccs2)c1F. The van der Waals surface area contributed by atoms with Crippen LogP contribution in [-0.4, -0.2) is 31.0 Å². The molecule has 2 atom stereocenters. The number of aromatic nitrogens is 5. The number of hydrogen-bond donors (Lipinski definition) is 2. The topological polar surface area (TPSA) is 79.4 Å². The van der Waals surface area contributed by atoms with Gasteiger partial charge in [-0.3, -0.25) is 0 Å². The lowest BCUT2D eigenvalue weighted by Crippen LogP contribution is -2.47. The first-order valence-corrected chi connectivity index (χ1v) is 12.2. The Morgan fingerprint density at radius 3 is 2.72 bits per heavy atom. The summed E-state index contributed by atoms with van der Waals surface area (Å²) in [6, 6.07) is 3.99. The molecule has 3 aliphatic rings. The molecule has 3 saturated carbocycles. The average molecular weight is 469 g/mol. The zero-order valence-electron chi connectivity index (χ0n) is 17.5. The minimum Gasteiger partial charge on any atom is -0.364 e. The van der Waals surface area contributed by atoms with E-state index in [-0.39, 0.29) is 17.0 Å². The van der Waals surface area contributed by atoms with Gasteiger partial charge in [-0.05, 0) is 54.9 Å². The lowest BCUT2D eigenvalue weighted by atomic mass is 9.62. The highest BCUT2D eigenvalue weighted by Gasteiger charge is 2.41. The van der Waals surface area contributed by atoms with Gasteiger partial charge in [-0.15, -0.1) is 11.3 Å². The first-order chi connectivity index (χ1) is 15.6. The summed E-state index contributed by atoms with van der Waals surface area (Å²) in [5.74, 6) is 1.98. The molecule has 164 valence electrons. The van der Waals surface area contributed by atoms with Gasteiger partial charge in [0.05, 0.1) is 16.6 Å². The molecule has 9 heteroatoms. The van der Waals surface area contributed by atoms with Crippen molar-refractivity contribution >= 4 is 39.9 Å². The smallest absolute Gasteiger partial charge is 0.192 e. The molecule has 4 aromatic rings. The third-order valence-corrected chi connectivity index (χ3v) is 8.19. The molecule has 3 fully saturated rings. The van der Waals surface area contributed by atoms with Gasteiger partial charge in [0, 0.05) is 12.2 Å². The Bertz CT molecular complexity index is 1280. The summed E-state index contributed by atoms with van der Waals surface area (Å²) in [5.41, 5.74) is 2.10. The van der Waals surface area contributed by atoms with Gasteiger partial charge in [0.2, 0.25) is 0 Å². The molecule has 4 heterocycles. The molecule has 0 radical (unpaired) electrons. The summed E-state index contributed by atoms with van der Waals surface area (Å²) in [7, 11) is 0. The van der Waals surface area contributed by atoms with Crippen LogP contribution in [0.4, 0.5) is 10.2 Å². The van der Waals surface area contributed by atoms with Crippen LogP contribution >= 0.6 is 22.9 Å². The number of fused-ring (bicyclic) bond motifs is 4. The number of aromatic amines is 1. The largest absolute Gasteiger partial charge is 0.364 e. The molecule has 2 N–H and O–H groups in total. The summed E-state index contributed by atoms with van der Waals surface area (Å²) in [5, 5.41) is 5.70. The molecular formula is C23H22ClFN6S. The Labute approximate surface area is 193 Å². The van der Waals surface area contributed by atoms with Crippen molar-refractivity contribution in [3.8, 4) is 22.0 Å². The monoisotopic (exact) mass is 468 g/mol. The van der Waals surface area contributed by atoms with E-state index in [4.69, 9.17) is 11.6 Å². The molecule has 0 unspecified atom stereocenters. The van der Waals surface area contributed by atoms with Gasteiger partial charge in [-0.1, -0.05) is 24.6 Å². The second-order valence-electron chi connectivity index (χ2n) is 8.83. The number of halogens is 2.